The molecule has 0 aliphatic rings. The zero-order valence-electron chi connectivity index (χ0n) is 12.0. The van der Waals surface area contributed by atoms with Crippen LogP contribution >= 0.6 is 12.2 Å². The summed E-state index contributed by atoms with van der Waals surface area (Å²) in [5, 5.41) is 7.01. The molecule has 0 fully saturated rings. The summed E-state index contributed by atoms with van der Waals surface area (Å²) >= 11 is 5.24. The predicted octanol–water partition coefficient (Wildman–Crippen LogP) is 3.52. The normalized spacial score (nSPS) is 10.5. The van der Waals surface area contributed by atoms with Gasteiger partial charge in [0.2, 0.25) is 0 Å². The fraction of sp³-hybridized carbons (Fsp3) is 0.533. The van der Waals surface area contributed by atoms with Crippen LogP contribution in [0.1, 0.15) is 38.7 Å². The average molecular weight is 280 g/mol. The van der Waals surface area contributed by atoms with Crippen LogP contribution in [0.3, 0.4) is 0 Å². The fourth-order valence-electron chi connectivity index (χ4n) is 1.65. The van der Waals surface area contributed by atoms with Crippen LogP contribution in [-0.4, -0.2) is 24.9 Å². The molecule has 0 saturated carbocycles. The van der Waals surface area contributed by atoms with Crippen molar-refractivity contribution in [3.05, 3.63) is 29.8 Å². The Morgan fingerprint density at radius 3 is 2.53 bits per heavy atom. The SMILES string of the molecule is CCOCCCNC(=S)Nc1ccc(C(C)C)cc1. The molecule has 0 saturated heterocycles. The first-order valence-corrected chi connectivity index (χ1v) is 7.27. The average Bonchev–Trinajstić information content (AvgIpc) is 2.39. The van der Waals surface area contributed by atoms with Crippen molar-refractivity contribution in [3.8, 4) is 0 Å². The van der Waals surface area contributed by atoms with E-state index in [1.807, 2.05) is 6.92 Å². The molecule has 1 aromatic carbocycles. The first-order chi connectivity index (χ1) is 9.13. The van der Waals surface area contributed by atoms with Crippen LogP contribution in [0.15, 0.2) is 24.3 Å². The van der Waals surface area contributed by atoms with Gasteiger partial charge in [-0.25, -0.2) is 0 Å². The highest BCUT2D eigenvalue weighted by Crippen LogP contribution is 2.16. The number of hydrogen-bond donors (Lipinski definition) is 2. The summed E-state index contributed by atoms with van der Waals surface area (Å²) < 4.78 is 5.27. The number of hydrogen-bond acceptors (Lipinski definition) is 2. The second kappa shape index (κ2) is 8.88. The van der Waals surface area contributed by atoms with Crippen LogP contribution < -0.4 is 10.6 Å². The molecule has 19 heavy (non-hydrogen) atoms. The van der Waals surface area contributed by atoms with E-state index in [0.29, 0.717) is 11.0 Å². The topological polar surface area (TPSA) is 33.3 Å². The van der Waals surface area contributed by atoms with E-state index in [1.165, 1.54) is 5.56 Å². The highest BCUT2D eigenvalue weighted by atomic mass is 32.1. The summed E-state index contributed by atoms with van der Waals surface area (Å²) in [7, 11) is 0. The maximum Gasteiger partial charge on any atom is 0.170 e. The first kappa shape index (κ1) is 15.9. The quantitative estimate of drug-likeness (QED) is 0.591. The number of anilines is 1. The predicted molar refractivity (Wildman–Crippen MR) is 85.9 cm³/mol. The number of ether oxygens (including phenoxy) is 1. The van der Waals surface area contributed by atoms with E-state index in [0.717, 1.165) is 31.9 Å². The zero-order chi connectivity index (χ0) is 14.1. The van der Waals surface area contributed by atoms with E-state index in [1.54, 1.807) is 0 Å². The number of rotatable bonds is 7. The van der Waals surface area contributed by atoms with Crippen molar-refractivity contribution in [2.45, 2.75) is 33.1 Å². The molecule has 0 amide bonds. The molecule has 3 nitrogen and oxygen atoms in total. The van der Waals surface area contributed by atoms with Gasteiger partial charge in [-0.2, -0.15) is 0 Å². The molecule has 0 aromatic heterocycles. The van der Waals surface area contributed by atoms with Crippen molar-refractivity contribution in [2.24, 2.45) is 0 Å². The summed E-state index contributed by atoms with van der Waals surface area (Å²) in [6.45, 7) is 8.75. The molecule has 0 unspecified atom stereocenters. The van der Waals surface area contributed by atoms with Gasteiger partial charge < -0.3 is 15.4 Å². The molecule has 0 aliphatic heterocycles. The van der Waals surface area contributed by atoms with Crippen LogP contribution in [-0.2, 0) is 4.74 Å². The molecule has 106 valence electrons. The minimum absolute atomic E-state index is 0.553. The van der Waals surface area contributed by atoms with Crippen LogP contribution in [0.25, 0.3) is 0 Å². The van der Waals surface area contributed by atoms with E-state index < -0.39 is 0 Å². The maximum absolute atomic E-state index is 5.27. The van der Waals surface area contributed by atoms with Gasteiger partial charge >= 0.3 is 0 Å². The van der Waals surface area contributed by atoms with Crippen LogP contribution in [0.2, 0.25) is 0 Å². The fourth-order valence-corrected chi connectivity index (χ4v) is 1.87. The van der Waals surface area contributed by atoms with Crippen LogP contribution in [0, 0.1) is 0 Å². The minimum atomic E-state index is 0.553. The minimum Gasteiger partial charge on any atom is -0.382 e. The molecule has 0 radical (unpaired) electrons. The molecule has 0 heterocycles. The molecular formula is C15H24N2OS. The van der Waals surface area contributed by atoms with Gasteiger partial charge in [0.25, 0.3) is 0 Å². The van der Waals surface area contributed by atoms with Gasteiger partial charge in [-0.05, 0) is 49.2 Å². The smallest absolute Gasteiger partial charge is 0.170 e. The highest BCUT2D eigenvalue weighted by molar-refractivity contribution is 7.80. The van der Waals surface area contributed by atoms with Gasteiger partial charge in [-0.3, -0.25) is 0 Å². The summed E-state index contributed by atoms with van der Waals surface area (Å²) in [5.74, 6) is 0.553. The van der Waals surface area contributed by atoms with Gasteiger partial charge in [-0.1, -0.05) is 26.0 Å². The lowest BCUT2D eigenvalue weighted by Gasteiger charge is -2.11. The third-order valence-corrected chi connectivity index (χ3v) is 3.04. The third-order valence-electron chi connectivity index (χ3n) is 2.79. The second-order valence-electron chi connectivity index (χ2n) is 4.71. The van der Waals surface area contributed by atoms with Crippen LogP contribution in [0.5, 0.6) is 0 Å². The number of nitrogens with one attached hydrogen (secondary N) is 2. The number of thiocarbonyl (C=S) groups is 1. The molecule has 0 atom stereocenters. The highest BCUT2D eigenvalue weighted by Gasteiger charge is 2.00. The Labute approximate surface area is 121 Å². The Bertz CT molecular complexity index is 376. The molecule has 1 rings (SSSR count). The van der Waals surface area contributed by atoms with E-state index in [4.69, 9.17) is 17.0 Å². The van der Waals surface area contributed by atoms with Crippen molar-refractivity contribution < 1.29 is 4.74 Å². The van der Waals surface area contributed by atoms with E-state index in [-0.39, 0.29) is 0 Å². The van der Waals surface area contributed by atoms with Gasteiger partial charge in [0.1, 0.15) is 0 Å². The van der Waals surface area contributed by atoms with Crippen LogP contribution in [0.4, 0.5) is 5.69 Å². The lowest BCUT2D eigenvalue weighted by Crippen LogP contribution is -2.29. The van der Waals surface area contributed by atoms with E-state index in [9.17, 15) is 0 Å². The summed E-state index contributed by atoms with van der Waals surface area (Å²) in [6, 6.07) is 8.38. The Balaban J connectivity index is 2.28. The maximum atomic E-state index is 5.27. The number of benzene rings is 1. The Morgan fingerprint density at radius 2 is 1.95 bits per heavy atom. The van der Waals surface area contributed by atoms with Crippen molar-refractivity contribution in [1.29, 1.82) is 0 Å². The zero-order valence-corrected chi connectivity index (χ0v) is 12.8. The Kier molecular flexibility index (Phi) is 7.45. The molecule has 0 aliphatic carbocycles. The lowest BCUT2D eigenvalue weighted by molar-refractivity contribution is 0.146. The standard InChI is InChI=1S/C15H24N2OS/c1-4-18-11-5-10-16-15(19)17-14-8-6-13(7-9-14)12(2)3/h6-9,12H,4-5,10-11H2,1-3H3,(H2,16,17,19). The molecule has 4 heteroatoms. The first-order valence-electron chi connectivity index (χ1n) is 6.86. The third kappa shape index (κ3) is 6.55. The molecule has 2 N–H and O–H groups in total. The Morgan fingerprint density at radius 1 is 1.26 bits per heavy atom. The summed E-state index contributed by atoms with van der Waals surface area (Å²) in [4.78, 5) is 0. The second-order valence-corrected chi connectivity index (χ2v) is 5.12. The Hall–Kier alpha value is -1.13. The molecule has 0 bridgehead atoms. The summed E-state index contributed by atoms with van der Waals surface area (Å²) in [6.07, 6.45) is 0.960. The van der Waals surface area contributed by atoms with Gasteiger partial charge in [0.05, 0.1) is 0 Å². The molecule has 0 spiro atoms. The van der Waals surface area contributed by atoms with Gasteiger partial charge in [0.15, 0.2) is 5.11 Å². The van der Waals surface area contributed by atoms with Crippen molar-refractivity contribution >= 4 is 23.0 Å². The molecule has 1 aromatic rings. The van der Waals surface area contributed by atoms with Crippen molar-refractivity contribution in [3.63, 3.8) is 0 Å². The van der Waals surface area contributed by atoms with Crippen molar-refractivity contribution in [1.82, 2.24) is 5.32 Å². The van der Waals surface area contributed by atoms with Gasteiger partial charge in [-0.15, -0.1) is 0 Å². The largest absolute Gasteiger partial charge is 0.382 e. The lowest BCUT2D eigenvalue weighted by atomic mass is 10.0. The monoisotopic (exact) mass is 280 g/mol. The summed E-state index contributed by atoms with van der Waals surface area (Å²) in [5.41, 5.74) is 2.35. The van der Waals surface area contributed by atoms with E-state index in [2.05, 4.69) is 48.7 Å². The van der Waals surface area contributed by atoms with Crippen molar-refractivity contribution in [2.75, 3.05) is 25.1 Å². The molecular weight excluding hydrogens is 256 g/mol. The van der Waals surface area contributed by atoms with Gasteiger partial charge in [0, 0.05) is 25.4 Å². The van der Waals surface area contributed by atoms with E-state index >= 15 is 0 Å².